The summed E-state index contributed by atoms with van der Waals surface area (Å²) in [6.07, 6.45) is 5.56. The minimum Gasteiger partial charge on any atom is -0.322 e. The second-order valence-corrected chi connectivity index (χ2v) is 8.32. The largest absolute Gasteiger partial charge is 0.322 e. The Morgan fingerprint density at radius 1 is 1.03 bits per heavy atom. The maximum atomic E-state index is 13.1. The minimum atomic E-state index is -0.313. The summed E-state index contributed by atoms with van der Waals surface area (Å²) in [5.41, 5.74) is 4.92. The van der Waals surface area contributed by atoms with E-state index in [2.05, 4.69) is 20.3 Å². The van der Waals surface area contributed by atoms with Crippen molar-refractivity contribution in [3.8, 4) is 11.3 Å². The molecule has 8 heteroatoms. The molecule has 0 saturated heterocycles. The number of hydrogen-bond acceptors (Lipinski definition) is 5. The van der Waals surface area contributed by atoms with Gasteiger partial charge in [0.15, 0.2) is 0 Å². The number of anilines is 2. The van der Waals surface area contributed by atoms with Crippen molar-refractivity contribution in [3.05, 3.63) is 101 Å². The van der Waals surface area contributed by atoms with Gasteiger partial charge in [-0.05, 0) is 54.4 Å². The average molecular weight is 470 g/mol. The van der Waals surface area contributed by atoms with Gasteiger partial charge in [0.1, 0.15) is 6.33 Å². The fraction of sp³-hybridized carbons (Fsp3) is 0.115. The van der Waals surface area contributed by atoms with Crippen molar-refractivity contribution in [2.75, 3.05) is 16.8 Å². The van der Waals surface area contributed by atoms with Crippen LogP contribution in [0.25, 0.3) is 11.3 Å². The van der Waals surface area contributed by atoms with Gasteiger partial charge in [-0.1, -0.05) is 29.8 Å². The highest BCUT2D eigenvalue weighted by molar-refractivity contribution is 6.30. The van der Waals surface area contributed by atoms with Crippen LogP contribution in [0.4, 0.5) is 11.4 Å². The van der Waals surface area contributed by atoms with Crippen molar-refractivity contribution >= 4 is 34.8 Å². The molecule has 0 bridgehead atoms. The second-order valence-electron chi connectivity index (χ2n) is 7.88. The first kappa shape index (κ1) is 21.7. The maximum Gasteiger partial charge on any atom is 0.259 e. The van der Waals surface area contributed by atoms with Gasteiger partial charge in [0.25, 0.3) is 5.91 Å². The summed E-state index contributed by atoms with van der Waals surface area (Å²) in [4.78, 5) is 40.2. The number of aromatic nitrogens is 3. The highest BCUT2D eigenvalue weighted by Gasteiger charge is 2.25. The van der Waals surface area contributed by atoms with Gasteiger partial charge in [-0.3, -0.25) is 14.6 Å². The molecule has 4 aromatic rings. The summed E-state index contributed by atoms with van der Waals surface area (Å²) in [6, 6.07) is 18.3. The number of amides is 2. The summed E-state index contributed by atoms with van der Waals surface area (Å²) < 4.78 is 0. The molecule has 5 rings (SSSR count). The third-order valence-electron chi connectivity index (χ3n) is 5.67. The molecular weight excluding hydrogens is 450 g/mol. The molecule has 1 aliphatic heterocycles. The topological polar surface area (TPSA) is 88.1 Å². The fourth-order valence-electron chi connectivity index (χ4n) is 4.02. The number of benzene rings is 2. The standard InChI is InChI=1S/C26H20ClN5O2/c27-19-6-4-17(5-7-19)25-22(15-28-16-30-25)26(34)31-21-8-9-23-18(13-21)10-12-32(23)24(33)14-20-3-1-2-11-29-20/h1-9,11,13,15-16H,10,12,14H2,(H,31,34). The zero-order valence-electron chi connectivity index (χ0n) is 18.1. The van der Waals surface area contributed by atoms with Crippen molar-refractivity contribution in [3.63, 3.8) is 0 Å². The van der Waals surface area contributed by atoms with Crippen LogP contribution in [0.3, 0.4) is 0 Å². The van der Waals surface area contributed by atoms with E-state index < -0.39 is 0 Å². The number of hydrogen-bond donors (Lipinski definition) is 1. The normalized spacial score (nSPS) is 12.3. The lowest BCUT2D eigenvalue weighted by atomic mass is 10.1. The van der Waals surface area contributed by atoms with Crippen LogP contribution in [-0.2, 0) is 17.6 Å². The molecule has 0 radical (unpaired) electrons. The maximum absolute atomic E-state index is 13.1. The first-order valence-electron chi connectivity index (χ1n) is 10.8. The number of rotatable bonds is 5. The van der Waals surface area contributed by atoms with Crippen molar-refractivity contribution in [2.24, 2.45) is 0 Å². The molecular formula is C26H20ClN5O2. The summed E-state index contributed by atoms with van der Waals surface area (Å²) in [5, 5.41) is 3.54. The highest BCUT2D eigenvalue weighted by Crippen LogP contribution is 2.31. The first-order chi connectivity index (χ1) is 16.6. The number of nitrogens with one attached hydrogen (secondary N) is 1. The van der Waals surface area contributed by atoms with E-state index in [0.29, 0.717) is 28.5 Å². The SMILES string of the molecule is O=C(Nc1ccc2c(c1)CCN2C(=O)Cc1ccccn1)c1cncnc1-c1ccc(Cl)cc1. The number of nitrogens with zero attached hydrogens (tertiary/aromatic N) is 4. The van der Waals surface area contributed by atoms with Crippen LogP contribution >= 0.6 is 11.6 Å². The van der Waals surface area contributed by atoms with Crippen LogP contribution in [0.2, 0.25) is 5.02 Å². The fourth-order valence-corrected chi connectivity index (χ4v) is 4.15. The number of carbonyl (C=O) groups excluding carboxylic acids is 2. The lowest BCUT2D eigenvalue weighted by molar-refractivity contribution is -0.117. The molecule has 0 aliphatic carbocycles. The Labute approximate surface area is 201 Å². The molecule has 0 fully saturated rings. The Hall–Kier alpha value is -4.10. The molecule has 0 spiro atoms. The summed E-state index contributed by atoms with van der Waals surface area (Å²) >= 11 is 5.99. The van der Waals surface area contributed by atoms with E-state index in [-0.39, 0.29) is 18.2 Å². The van der Waals surface area contributed by atoms with Crippen LogP contribution in [0, 0.1) is 0 Å². The third kappa shape index (κ3) is 4.51. The average Bonchev–Trinajstić information content (AvgIpc) is 3.29. The third-order valence-corrected chi connectivity index (χ3v) is 5.92. The highest BCUT2D eigenvalue weighted by atomic mass is 35.5. The predicted molar refractivity (Wildman–Crippen MR) is 131 cm³/mol. The van der Waals surface area contributed by atoms with E-state index in [9.17, 15) is 9.59 Å². The minimum absolute atomic E-state index is 0.00303. The summed E-state index contributed by atoms with van der Waals surface area (Å²) in [5.74, 6) is -0.310. The van der Waals surface area contributed by atoms with Gasteiger partial charge < -0.3 is 10.2 Å². The number of fused-ring (bicyclic) bond motifs is 1. The number of carbonyl (C=O) groups is 2. The monoisotopic (exact) mass is 469 g/mol. The summed E-state index contributed by atoms with van der Waals surface area (Å²) in [7, 11) is 0. The van der Waals surface area contributed by atoms with Gasteiger partial charge in [-0.15, -0.1) is 0 Å². The molecule has 2 aromatic carbocycles. The molecule has 7 nitrogen and oxygen atoms in total. The number of halogens is 1. The van der Waals surface area contributed by atoms with E-state index in [1.807, 2.05) is 42.5 Å². The van der Waals surface area contributed by atoms with Gasteiger partial charge >= 0.3 is 0 Å². The van der Waals surface area contributed by atoms with Crippen LogP contribution in [-0.4, -0.2) is 33.3 Å². The van der Waals surface area contributed by atoms with E-state index in [1.165, 1.54) is 12.5 Å². The molecule has 1 N–H and O–H groups in total. The van der Waals surface area contributed by atoms with Crippen LogP contribution in [0.5, 0.6) is 0 Å². The Morgan fingerprint density at radius 3 is 2.68 bits per heavy atom. The zero-order valence-corrected chi connectivity index (χ0v) is 18.9. The Kier molecular flexibility index (Phi) is 6.01. The molecule has 34 heavy (non-hydrogen) atoms. The summed E-state index contributed by atoms with van der Waals surface area (Å²) in [6.45, 7) is 0.603. The van der Waals surface area contributed by atoms with Gasteiger partial charge in [-0.2, -0.15) is 0 Å². The van der Waals surface area contributed by atoms with E-state index >= 15 is 0 Å². The smallest absolute Gasteiger partial charge is 0.259 e. The van der Waals surface area contributed by atoms with E-state index in [0.717, 1.165) is 28.9 Å². The molecule has 168 valence electrons. The Morgan fingerprint density at radius 2 is 1.88 bits per heavy atom. The van der Waals surface area contributed by atoms with Crippen molar-refractivity contribution in [2.45, 2.75) is 12.8 Å². The lowest BCUT2D eigenvalue weighted by Crippen LogP contribution is -2.30. The van der Waals surface area contributed by atoms with E-state index in [4.69, 9.17) is 11.6 Å². The second kappa shape index (κ2) is 9.41. The zero-order chi connectivity index (χ0) is 23.5. The van der Waals surface area contributed by atoms with Crippen LogP contribution in [0.1, 0.15) is 21.6 Å². The van der Waals surface area contributed by atoms with Gasteiger partial charge in [0, 0.05) is 46.6 Å². The Balaban J connectivity index is 1.33. The first-order valence-corrected chi connectivity index (χ1v) is 11.2. The molecule has 2 aromatic heterocycles. The van der Waals surface area contributed by atoms with Gasteiger partial charge in [-0.25, -0.2) is 9.97 Å². The predicted octanol–water partition coefficient (Wildman–Crippen LogP) is 4.58. The molecule has 1 aliphatic rings. The van der Waals surface area contributed by atoms with E-state index in [1.54, 1.807) is 29.3 Å². The van der Waals surface area contributed by atoms with Crippen molar-refractivity contribution in [1.29, 1.82) is 0 Å². The molecule has 2 amide bonds. The van der Waals surface area contributed by atoms with Crippen molar-refractivity contribution < 1.29 is 9.59 Å². The van der Waals surface area contributed by atoms with Gasteiger partial charge in [0.05, 0.1) is 17.7 Å². The quantitative estimate of drug-likeness (QED) is 0.462. The van der Waals surface area contributed by atoms with Crippen molar-refractivity contribution in [1.82, 2.24) is 15.0 Å². The lowest BCUT2D eigenvalue weighted by Gasteiger charge is -2.17. The Bertz CT molecular complexity index is 1360. The molecule has 3 heterocycles. The molecule has 0 atom stereocenters. The molecule has 0 saturated carbocycles. The van der Waals surface area contributed by atoms with Crippen LogP contribution < -0.4 is 10.2 Å². The van der Waals surface area contributed by atoms with Crippen LogP contribution in [0.15, 0.2) is 79.4 Å². The number of pyridine rings is 1. The van der Waals surface area contributed by atoms with Gasteiger partial charge in [0.2, 0.25) is 5.91 Å². The molecule has 0 unspecified atom stereocenters.